The third kappa shape index (κ3) is 3.67. The maximum absolute atomic E-state index is 12.9. The quantitative estimate of drug-likeness (QED) is 0.698. The predicted molar refractivity (Wildman–Crippen MR) is 116 cm³/mol. The third-order valence-corrected chi connectivity index (χ3v) is 6.02. The molecule has 8 nitrogen and oxygen atoms in total. The van der Waals surface area contributed by atoms with Gasteiger partial charge in [-0.15, -0.1) is 0 Å². The van der Waals surface area contributed by atoms with Gasteiger partial charge in [-0.1, -0.05) is 18.2 Å². The number of hydrogen-bond acceptors (Lipinski definition) is 5. The van der Waals surface area contributed by atoms with E-state index in [1.54, 1.807) is 23.0 Å². The van der Waals surface area contributed by atoms with Crippen LogP contribution in [0.5, 0.6) is 5.75 Å². The molecule has 162 valence electrons. The van der Waals surface area contributed by atoms with Crippen molar-refractivity contribution in [3.05, 3.63) is 36.4 Å². The van der Waals surface area contributed by atoms with Gasteiger partial charge < -0.3 is 29.0 Å². The molecule has 3 heterocycles. The molecule has 3 aromatic rings. The molecule has 0 spiro atoms. The van der Waals surface area contributed by atoms with E-state index in [1.165, 1.54) is 0 Å². The summed E-state index contributed by atoms with van der Waals surface area (Å²) >= 11 is 0. The van der Waals surface area contributed by atoms with Crippen molar-refractivity contribution in [1.82, 2.24) is 9.80 Å². The zero-order valence-corrected chi connectivity index (χ0v) is 17.4. The Labute approximate surface area is 179 Å². The van der Waals surface area contributed by atoms with Crippen molar-refractivity contribution in [3.8, 4) is 5.75 Å². The third-order valence-electron chi connectivity index (χ3n) is 6.02. The number of carbonyl (C=O) groups excluding carboxylic acids is 2. The first kappa shape index (κ1) is 19.7. The molecule has 2 fully saturated rings. The zero-order valence-electron chi connectivity index (χ0n) is 17.4. The number of para-hydroxylation sites is 1. The lowest BCUT2D eigenvalue weighted by molar-refractivity contribution is -0.142. The van der Waals surface area contributed by atoms with Crippen LogP contribution in [0.25, 0.3) is 21.9 Å². The summed E-state index contributed by atoms with van der Waals surface area (Å²) in [6.45, 7) is 2.60. The first-order valence-electron chi connectivity index (χ1n) is 10.6. The summed E-state index contributed by atoms with van der Waals surface area (Å²) in [5.41, 5.74) is 2.02. The van der Waals surface area contributed by atoms with E-state index in [0.29, 0.717) is 49.8 Å². The molecule has 2 saturated heterocycles. The van der Waals surface area contributed by atoms with Gasteiger partial charge in [-0.25, -0.2) is 4.79 Å². The standard InChI is InChI=1S/C23H25N3O5/c1-29-21-13-16-15-5-2-3-6-18(15)31-20(16)14-17(21)24-23(28)26-10-8-25(9-11-26)22(27)19-7-4-12-30-19/h2-3,5-6,13-14,19H,4,7-12H2,1H3,(H,24,28)/t19-/m0/s1. The van der Waals surface area contributed by atoms with Crippen LogP contribution in [0.15, 0.2) is 40.8 Å². The smallest absolute Gasteiger partial charge is 0.322 e. The Morgan fingerprint density at radius 1 is 1.03 bits per heavy atom. The van der Waals surface area contributed by atoms with E-state index >= 15 is 0 Å². The van der Waals surface area contributed by atoms with Gasteiger partial charge in [0.05, 0.1) is 12.8 Å². The van der Waals surface area contributed by atoms with Gasteiger partial charge in [0.15, 0.2) is 0 Å². The lowest BCUT2D eigenvalue weighted by Crippen LogP contribution is -2.53. The van der Waals surface area contributed by atoms with Gasteiger partial charge >= 0.3 is 6.03 Å². The van der Waals surface area contributed by atoms with E-state index in [2.05, 4.69) is 5.32 Å². The van der Waals surface area contributed by atoms with E-state index in [9.17, 15) is 9.59 Å². The molecule has 2 aliphatic rings. The van der Waals surface area contributed by atoms with Crippen LogP contribution in [-0.2, 0) is 9.53 Å². The topological polar surface area (TPSA) is 84.2 Å². The second kappa shape index (κ2) is 8.11. The summed E-state index contributed by atoms with van der Waals surface area (Å²) in [6.07, 6.45) is 1.39. The van der Waals surface area contributed by atoms with Crippen molar-refractivity contribution in [1.29, 1.82) is 0 Å². The minimum absolute atomic E-state index is 0.0366. The Hall–Kier alpha value is -3.26. The van der Waals surface area contributed by atoms with Gasteiger partial charge in [0.2, 0.25) is 0 Å². The Balaban J connectivity index is 1.29. The van der Waals surface area contributed by atoms with Crippen molar-refractivity contribution in [2.24, 2.45) is 0 Å². The van der Waals surface area contributed by atoms with E-state index in [-0.39, 0.29) is 18.0 Å². The number of nitrogens with zero attached hydrogens (tertiary/aromatic N) is 2. The van der Waals surface area contributed by atoms with Crippen LogP contribution < -0.4 is 10.1 Å². The summed E-state index contributed by atoms with van der Waals surface area (Å²) in [5.74, 6) is 0.606. The highest BCUT2D eigenvalue weighted by Gasteiger charge is 2.31. The van der Waals surface area contributed by atoms with Crippen LogP contribution in [0.3, 0.4) is 0 Å². The molecular weight excluding hydrogens is 398 g/mol. The molecule has 1 atom stereocenters. The van der Waals surface area contributed by atoms with Gasteiger partial charge in [-0.05, 0) is 25.0 Å². The van der Waals surface area contributed by atoms with Crippen LogP contribution in [0.2, 0.25) is 0 Å². The normalized spacial score (nSPS) is 19.2. The molecule has 8 heteroatoms. The Morgan fingerprint density at radius 2 is 1.81 bits per heavy atom. The molecule has 0 radical (unpaired) electrons. The van der Waals surface area contributed by atoms with Gasteiger partial charge in [0.25, 0.3) is 5.91 Å². The van der Waals surface area contributed by atoms with E-state index in [0.717, 1.165) is 29.2 Å². The fourth-order valence-electron chi connectivity index (χ4n) is 4.32. The van der Waals surface area contributed by atoms with Crippen LogP contribution in [0.4, 0.5) is 10.5 Å². The zero-order chi connectivity index (χ0) is 21.4. The number of methoxy groups -OCH3 is 1. The number of furan rings is 1. The highest BCUT2D eigenvalue weighted by Crippen LogP contribution is 2.36. The SMILES string of the molecule is COc1cc2c(cc1NC(=O)N1CCN(C(=O)[C@@H]3CCCO3)CC1)oc1ccccc12. The largest absolute Gasteiger partial charge is 0.495 e. The number of rotatable bonds is 3. The number of ether oxygens (including phenoxy) is 2. The van der Waals surface area contributed by atoms with E-state index in [1.807, 2.05) is 30.3 Å². The van der Waals surface area contributed by atoms with Gasteiger partial charge in [0.1, 0.15) is 23.0 Å². The highest BCUT2D eigenvalue weighted by molar-refractivity contribution is 6.07. The Morgan fingerprint density at radius 3 is 2.55 bits per heavy atom. The maximum atomic E-state index is 12.9. The molecule has 31 heavy (non-hydrogen) atoms. The molecule has 2 aromatic carbocycles. The number of amides is 3. The minimum atomic E-state index is -0.319. The second-order valence-corrected chi connectivity index (χ2v) is 7.89. The number of anilines is 1. The fourth-order valence-corrected chi connectivity index (χ4v) is 4.32. The Bertz CT molecular complexity index is 1130. The number of fused-ring (bicyclic) bond motifs is 3. The van der Waals surface area contributed by atoms with E-state index < -0.39 is 0 Å². The second-order valence-electron chi connectivity index (χ2n) is 7.89. The number of carbonyl (C=O) groups is 2. The maximum Gasteiger partial charge on any atom is 0.322 e. The summed E-state index contributed by atoms with van der Waals surface area (Å²) in [5, 5.41) is 4.88. The average molecular weight is 423 g/mol. The highest BCUT2D eigenvalue weighted by atomic mass is 16.5. The van der Waals surface area contributed by atoms with Crippen molar-refractivity contribution < 1.29 is 23.5 Å². The Kier molecular flexibility index (Phi) is 5.15. The van der Waals surface area contributed by atoms with Crippen molar-refractivity contribution in [3.63, 3.8) is 0 Å². The first-order chi connectivity index (χ1) is 15.1. The van der Waals surface area contributed by atoms with Crippen LogP contribution in [0.1, 0.15) is 12.8 Å². The van der Waals surface area contributed by atoms with Gasteiger partial charge in [-0.3, -0.25) is 4.79 Å². The van der Waals surface area contributed by atoms with Gasteiger partial charge in [-0.2, -0.15) is 0 Å². The number of benzene rings is 2. The van der Waals surface area contributed by atoms with Crippen molar-refractivity contribution in [2.45, 2.75) is 18.9 Å². The van der Waals surface area contributed by atoms with Gasteiger partial charge in [0, 0.05) is 49.6 Å². The predicted octanol–water partition coefficient (Wildman–Crippen LogP) is 3.45. The molecule has 1 N–H and O–H groups in total. The molecule has 0 aliphatic carbocycles. The molecule has 3 amide bonds. The number of hydrogen-bond donors (Lipinski definition) is 1. The molecule has 2 aliphatic heterocycles. The van der Waals surface area contributed by atoms with Crippen molar-refractivity contribution in [2.75, 3.05) is 45.2 Å². The minimum Gasteiger partial charge on any atom is -0.495 e. The van der Waals surface area contributed by atoms with E-state index in [4.69, 9.17) is 13.9 Å². The first-order valence-corrected chi connectivity index (χ1v) is 10.6. The van der Waals surface area contributed by atoms with Crippen molar-refractivity contribution >= 4 is 39.6 Å². The molecule has 0 unspecified atom stereocenters. The molecule has 0 bridgehead atoms. The summed E-state index contributed by atoms with van der Waals surface area (Å²) in [4.78, 5) is 28.9. The molecular formula is C23H25N3O5. The monoisotopic (exact) mass is 423 g/mol. The molecule has 5 rings (SSSR count). The van der Waals surface area contributed by atoms with Crippen LogP contribution in [-0.4, -0.2) is 67.7 Å². The number of nitrogens with one attached hydrogen (secondary N) is 1. The van der Waals surface area contributed by atoms with Crippen LogP contribution in [0, 0.1) is 0 Å². The van der Waals surface area contributed by atoms with Crippen LogP contribution >= 0.6 is 0 Å². The number of piperazine rings is 1. The molecule has 0 saturated carbocycles. The lowest BCUT2D eigenvalue weighted by Gasteiger charge is -2.35. The lowest BCUT2D eigenvalue weighted by atomic mass is 10.1. The number of urea groups is 1. The summed E-state index contributed by atoms with van der Waals surface area (Å²) < 4.78 is 17.0. The average Bonchev–Trinajstić information content (AvgIpc) is 3.46. The summed E-state index contributed by atoms with van der Waals surface area (Å²) in [7, 11) is 1.58. The molecule has 1 aromatic heterocycles. The fraction of sp³-hybridized carbons (Fsp3) is 0.391. The summed E-state index contributed by atoms with van der Waals surface area (Å²) in [6, 6.07) is 11.3.